The van der Waals surface area contributed by atoms with Crippen LogP contribution in [0.4, 0.5) is 8.78 Å². The lowest BCUT2D eigenvalue weighted by atomic mass is 9.96. The fraction of sp³-hybridized carbons (Fsp3) is 0.385. The molecule has 4 heteroatoms. The molecule has 0 fully saturated rings. The Hall–Kier alpha value is -1.26. The van der Waals surface area contributed by atoms with Gasteiger partial charge in [0.05, 0.1) is 6.04 Å². The zero-order valence-corrected chi connectivity index (χ0v) is 10.2. The molecule has 17 heavy (non-hydrogen) atoms. The Bertz CT molecular complexity index is 416. The summed E-state index contributed by atoms with van der Waals surface area (Å²) in [5.74, 6) is 4.24. The number of benzene rings is 1. The molecule has 1 aromatic carbocycles. The summed E-state index contributed by atoms with van der Waals surface area (Å²) in [6.07, 6.45) is 1.18. The molecule has 0 aliphatic carbocycles. The molecule has 0 aromatic heterocycles. The third-order valence-corrected chi connectivity index (χ3v) is 2.86. The van der Waals surface area contributed by atoms with Crippen LogP contribution in [0.3, 0.4) is 0 Å². The number of aryl methyl sites for hydroxylation is 1. The van der Waals surface area contributed by atoms with Crippen molar-refractivity contribution in [1.29, 1.82) is 0 Å². The normalized spacial score (nSPS) is 12.5. The molecule has 1 rings (SSSR count). The lowest BCUT2D eigenvalue weighted by Crippen LogP contribution is -2.30. The maximum Gasteiger partial charge on any atom is 0.133 e. The number of halogens is 2. The fourth-order valence-electron chi connectivity index (χ4n) is 1.68. The van der Waals surface area contributed by atoms with Gasteiger partial charge in [0, 0.05) is 5.56 Å². The predicted molar refractivity (Wildman–Crippen MR) is 65.2 cm³/mol. The Kier molecular flexibility index (Phi) is 4.78. The van der Waals surface area contributed by atoms with Gasteiger partial charge in [-0.25, -0.2) is 8.78 Å². The second-order valence-electron chi connectivity index (χ2n) is 4.12. The first kappa shape index (κ1) is 13.8. The molecule has 2 nitrogen and oxygen atoms in total. The van der Waals surface area contributed by atoms with E-state index in [1.807, 2.05) is 6.92 Å². The van der Waals surface area contributed by atoms with E-state index in [4.69, 9.17) is 5.84 Å². The molecule has 94 valence electrons. The Morgan fingerprint density at radius 1 is 1.47 bits per heavy atom. The van der Waals surface area contributed by atoms with E-state index in [9.17, 15) is 8.78 Å². The van der Waals surface area contributed by atoms with Crippen molar-refractivity contribution < 1.29 is 8.78 Å². The van der Waals surface area contributed by atoms with Gasteiger partial charge >= 0.3 is 0 Å². The van der Waals surface area contributed by atoms with E-state index >= 15 is 0 Å². The second kappa shape index (κ2) is 5.89. The highest BCUT2D eigenvalue weighted by molar-refractivity contribution is 5.30. The largest absolute Gasteiger partial charge is 0.271 e. The maximum atomic E-state index is 13.9. The van der Waals surface area contributed by atoms with Crippen molar-refractivity contribution in [2.24, 2.45) is 5.84 Å². The minimum atomic E-state index is -0.583. The van der Waals surface area contributed by atoms with Gasteiger partial charge in [-0.05, 0) is 31.4 Å². The number of nitrogens with one attached hydrogen (secondary N) is 1. The van der Waals surface area contributed by atoms with E-state index in [0.29, 0.717) is 12.0 Å². The van der Waals surface area contributed by atoms with E-state index < -0.39 is 17.7 Å². The molecule has 1 aromatic rings. The molecule has 0 radical (unpaired) electrons. The van der Waals surface area contributed by atoms with Crippen LogP contribution in [-0.4, -0.2) is 0 Å². The fourth-order valence-corrected chi connectivity index (χ4v) is 1.68. The van der Waals surface area contributed by atoms with Crippen LogP contribution in [0, 0.1) is 18.6 Å². The summed E-state index contributed by atoms with van der Waals surface area (Å²) in [7, 11) is 0. The minimum absolute atomic E-state index is 0.0119. The molecular weight excluding hydrogens is 222 g/mol. The molecule has 0 bridgehead atoms. The van der Waals surface area contributed by atoms with E-state index in [0.717, 1.165) is 12.0 Å². The molecule has 3 N–H and O–H groups in total. The number of hydrazine groups is 1. The van der Waals surface area contributed by atoms with Crippen LogP contribution < -0.4 is 11.3 Å². The standard InChI is InChI=1S/C13H18F2N2/c1-4-8(2)7-11(17-16)12-10(14)6-5-9(3)13(12)15/h5-6,11,17H,2,4,7,16H2,1,3H3. The van der Waals surface area contributed by atoms with Gasteiger partial charge in [-0.1, -0.05) is 25.1 Å². The van der Waals surface area contributed by atoms with Crippen molar-refractivity contribution >= 4 is 0 Å². The molecular formula is C13H18F2N2. The van der Waals surface area contributed by atoms with E-state index in [1.54, 1.807) is 6.92 Å². The number of nitrogens with two attached hydrogens (primary N) is 1. The predicted octanol–water partition coefficient (Wildman–Crippen LogP) is 3.13. The lowest BCUT2D eigenvalue weighted by Gasteiger charge is -2.19. The Labute approximate surface area is 100 Å². The van der Waals surface area contributed by atoms with E-state index in [-0.39, 0.29) is 5.56 Å². The molecule has 0 heterocycles. The third-order valence-electron chi connectivity index (χ3n) is 2.86. The van der Waals surface area contributed by atoms with Crippen molar-refractivity contribution in [1.82, 2.24) is 5.43 Å². The van der Waals surface area contributed by atoms with Crippen LogP contribution in [0.5, 0.6) is 0 Å². The van der Waals surface area contributed by atoms with Crippen molar-refractivity contribution in [3.8, 4) is 0 Å². The molecule has 1 unspecified atom stereocenters. The monoisotopic (exact) mass is 240 g/mol. The highest BCUT2D eigenvalue weighted by Crippen LogP contribution is 2.27. The Morgan fingerprint density at radius 2 is 2.12 bits per heavy atom. The summed E-state index contributed by atoms with van der Waals surface area (Å²) >= 11 is 0. The zero-order chi connectivity index (χ0) is 13.0. The molecule has 0 aliphatic heterocycles. The number of hydrogen-bond acceptors (Lipinski definition) is 2. The smallest absolute Gasteiger partial charge is 0.133 e. The van der Waals surface area contributed by atoms with Gasteiger partial charge in [-0.3, -0.25) is 11.3 Å². The summed E-state index contributed by atoms with van der Waals surface area (Å²) in [6.45, 7) is 7.37. The van der Waals surface area contributed by atoms with Gasteiger partial charge in [-0.15, -0.1) is 0 Å². The van der Waals surface area contributed by atoms with Crippen molar-refractivity contribution in [3.05, 3.63) is 47.0 Å². The summed E-state index contributed by atoms with van der Waals surface area (Å²) in [6, 6.07) is 2.09. The van der Waals surface area contributed by atoms with Gasteiger partial charge in [0.2, 0.25) is 0 Å². The highest BCUT2D eigenvalue weighted by atomic mass is 19.1. The van der Waals surface area contributed by atoms with Crippen molar-refractivity contribution in [2.75, 3.05) is 0 Å². The molecule has 1 atom stereocenters. The summed E-state index contributed by atoms with van der Waals surface area (Å²) in [5.41, 5.74) is 3.74. The van der Waals surface area contributed by atoms with E-state index in [2.05, 4.69) is 12.0 Å². The summed E-state index contributed by atoms with van der Waals surface area (Å²) in [4.78, 5) is 0. The maximum absolute atomic E-state index is 13.9. The topological polar surface area (TPSA) is 38.0 Å². The molecule has 0 aliphatic rings. The molecule has 0 saturated heterocycles. The van der Waals surface area contributed by atoms with Crippen LogP contribution in [0.25, 0.3) is 0 Å². The first-order valence-corrected chi connectivity index (χ1v) is 5.58. The minimum Gasteiger partial charge on any atom is -0.271 e. The SMILES string of the molecule is C=C(CC)CC(NN)c1c(F)ccc(C)c1F. The van der Waals surface area contributed by atoms with Crippen LogP contribution >= 0.6 is 0 Å². The van der Waals surface area contributed by atoms with Gasteiger partial charge in [-0.2, -0.15) is 0 Å². The summed E-state index contributed by atoms with van der Waals surface area (Å²) < 4.78 is 27.5. The highest BCUT2D eigenvalue weighted by Gasteiger charge is 2.20. The first-order valence-electron chi connectivity index (χ1n) is 5.58. The van der Waals surface area contributed by atoms with Gasteiger partial charge in [0.1, 0.15) is 11.6 Å². The molecule has 0 spiro atoms. The number of hydrogen-bond donors (Lipinski definition) is 2. The van der Waals surface area contributed by atoms with E-state index in [1.165, 1.54) is 12.1 Å². The second-order valence-corrected chi connectivity index (χ2v) is 4.12. The van der Waals surface area contributed by atoms with Gasteiger partial charge in [0.25, 0.3) is 0 Å². The number of rotatable bonds is 5. The molecule has 0 amide bonds. The lowest BCUT2D eigenvalue weighted by molar-refractivity contribution is 0.467. The Balaban J connectivity index is 3.11. The first-order chi connectivity index (χ1) is 8.01. The van der Waals surface area contributed by atoms with Crippen LogP contribution in [-0.2, 0) is 0 Å². The van der Waals surface area contributed by atoms with Crippen molar-refractivity contribution in [3.63, 3.8) is 0 Å². The van der Waals surface area contributed by atoms with Gasteiger partial charge < -0.3 is 0 Å². The summed E-state index contributed by atoms with van der Waals surface area (Å²) in [5, 5.41) is 0. The van der Waals surface area contributed by atoms with Crippen LogP contribution in [0.2, 0.25) is 0 Å². The molecule has 0 saturated carbocycles. The average Bonchev–Trinajstić information content (AvgIpc) is 2.32. The van der Waals surface area contributed by atoms with Gasteiger partial charge in [0.15, 0.2) is 0 Å². The Morgan fingerprint density at radius 3 is 2.65 bits per heavy atom. The average molecular weight is 240 g/mol. The van der Waals surface area contributed by atoms with Crippen LogP contribution in [0.15, 0.2) is 24.3 Å². The zero-order valence-electron chi connectivity index (χ0n) is 10.2. The van der Waals surface area contributed by atoms with Crippen molar-refractivity contribution in [2.45, 2.75) is 32.7 Å². The third kappa shape index (κ3) is 3.11. The van der Waals surface area contributed by atoms with Crippen LogP contribution in [0.1, 0.15) is 36.9 Å². The quantitative estimate of drug-likeness (QED) is 0.471.